The first kappa shape index (κ1) is 28.6. The van der Waals surface area contributed by atoms with E-state index in [0.29, 0.717) is 19.4 Å². The van der Waals surface area contributed by atoms with Crippen molar-refractivity contribution in [3.05, 3.63) is 0 Å². The highest BCUT2D eigenvalue weighted by atomic mass is 16.5. The molecular formula is C21H41N5O5. The number of rotatable bonds is 13. The molecule has 31 heavy (non-hydrogen) atoms. The average molecular weight is 444 g/mol. The van der Waals surface area contributed by atoms with Gasteiger partial charge >= 0.3 is 6.09 Å². The minimum Gasteiger partial charge on any atom is -0.449 e. The summed E-state index contributed by atoms with van der Waals surface area (Å²) in [5.74, 6) is -1.18. The SMILES string of the molecule is CC(C)C(NC(=O)CCCCN)C(=O)N[C@@H](C)C(=O)NCCNC(=O)OCC(C)(C)C. The van der Waals surface area contributed by atoms with Crippen LogP contribution in [0.5, 0.6) is 0 Å². The van der Waals surface area contributed by atoms with Gasteiger partial charge in [0.1, 0.15) is 12.1 Å². The van der Waals surface area contributed by atoms with Gasteiger partial charge in [0.25, 0.3) is 0 Å². The molecule has 0 aromatic heterocycles. The highest BCUT2D eigenvalue weighted by Crippen LogP contribution is 2.12. The maximum Gasteiger partial charge on any atom is 0.407 e. The monoisotopic (exact) mass is 443 g/mol. The Bertz CT molecular complexity index is 589. The molecule has 0 spiro atoms. The zero-order chi connectivity index (χ0) is 24.0. The smallest absolute Gasteiger partial charge is 0.407 e. The molecular weight excluding hydrogens is 402 g/mol. The van der Waals surface area contributed by atoms with E-state index < -0.39 is 30.0 Å². The van der Waals surface area contributed by atoms with Crippen molar-refractivity contribution in [1.29, 1.82) is 0 Å². The fraction of sp³-hybridized carbons (Fsp3) is 0.810. The van der Waals surface area contributed by atoms with E-state index in [9.17, 15) is 19.2 Å². The van der Waals surface area contributed by atoms with Gasteiger partial charge in [-0.3, -0.25) is 14.4 Å². The van der Waals surface area contributed by atoms with Gasteiger partial charge in [-0.2, -0.15) is 0 Å². The first-order valence-electron chi connectivity index (χ1n) is 10.9. The van der Waals surface area contributed by atoms with Gasteiger partial charge in [-0.1, -0.05) is 34.6 Å². The van der Waals surface area contributed by atoms with Crippen LogP contribution in [0.4, 0.5) is 4.79 Å². The van der Waals surface area contributed by atoms with E-state index in [-0.39, 0.29) is 36.9 Å². The predicted molar refractivity (Wildman–Crippen MR) is 119 cm³/mol. The van der Waals surface area contributed by atoms with Crippen molar-refractivity contribution >= 4 is 23.8 Å². The lowest BCUT2D eigenvalue weighted by molar-refractivity contribution is -0.132. The Hall–Kier alpha value is -2.36. The lowest BCUT2D eigenvalue weighted by atomic mass is 9.99. The fourth-order valence-corrected chi connectivity index (χ4v) is 2.42. The quantitative estimate of drug-likeness (QED) is 0.264. The molecule has 0 fully saturated rings. The molecule has 0 aliphatic rings. The molecule has 0 bridgehead atoms. The number of alkyl carbamates (subject to hydrolysis) is 1. The lowest BCUT2D eigenvalue weighted by Gasteiger charge is -2.24. The summed E-state index contributed by atoms with van der Waals surface area (Å²) in [5, 5.41) is 10.5. The number of nitrogens with one attached hydrogen (secondary N) is 4. The molecule has 0 aromatic rings. The highest BCUT2D eigenvalue weighted by Gasteiger charge is 2.26. The average Bonchev–Trinajstić information content (AvgIpc) is 2.66. The summed E-state index contributed by atoms with van der Waals surface area (Å²) in [6.45, 7) is 12.2. The maximum atomic E-state index is 12.5. The summed E-state index contributed by atoms with van der Waals surface area (Å²) in [6, 6.07) is -1.53. The largest absolute Gasteiger partial charge is 0.449 e. The fourth-order valence-electron chi connectivity index (χ4n) is 2.42. The van der Waals surface area contributed by atoms with Crippen molar-refractivity contribution in [2.45, 2.75) is 72.9 Å². The molecule has 2 atom stereocenters. The second-order valence-electron chi connectivity index (χ2n) is 9.12. The molecule has 4 amide bonds. The molecule has 0 aliphatic carbocycles. The van der Waals surface area contributed by atoms with E-state index in [1.807, 2.05) is 34.6 Å². The minimum absolute atomic E-state index is 0.128. The van der Waals surface area contributed by atoms with E-state index in [4.69, 9.17) is 10.5 Å². The van der Waals surface area contributed by atoms with Crippen LogP contribution in [0.3, 0.4) is 0 Å². The normalized spacial score (nSPS) is 13.2. The van der Waals surface area contributed by atoms with E-state index in [0.717, 1.165) is 6.42 Å². The van der Waals surface area contributed by atoms with Crippen LogP contribution >= 0.6 is 0 Å². The maximum absolute atomic E-state index is 12.5. The molecule has 0 radical (unpaired) electrons. The number of nitrogens with two attached hydrogens (primary N) is 1. The Morgan fingerprint density at radius 2 is 1.52 bits per heavy atom. The lowest BCUT2D eigenvalue weighted by Crippen LogP contribution is -2.54. The molecule has 0 rings (SSSR count). The Morgan fingerprint density at radius 3 is 2.06 bits per heavy atom. The minimum atomic E-state index is -0.796. The van der Waals surface area contributed by atoms with Crippen LogP contribution in [-0.4, -0.2) is 62.1 Å². The van der Waals surface area contributed by atoms with Gasteiger partial charge in [-0.25, -0.2) is 4.79 Å². The number of ether oxygens (including phenoxy) is 1. The zero-order valence-electron chi connectivity index (χ0n) is 19.8. The predicted octanol–water partition coefficient (Wildman–Crippen LogP) is 0.649. The van der Waals surface area contributed by atoms with Crippen molar-refractivity contribution in [2.24, 2.45) is 17.1 Å². The van der Waals surface area contributed by atoms with Crippen LogP contribution < -0.4 is 27.0 Å². The van der Waals surface area contributed by atoms with Gasteiger partial charge in [0.2, 0.25) is 17.7 Å². The van der Waals surface area contributed by atoms with Gasteiger partial charge in [-0.15, -0.1) is 0 Å². The Kier molecular flexibility index (Phi) is 13.5. The molecule has 10 nitrogen and oxygen atoms in total. The molecule has 0 saturated heterocycles. The standard InChI is InChI=1S/C21H41N5O5/c1-14(2)17(26-16(27)9-7-8-10-22)19(29)25-15(3)18(28)23-11-12-24-20(30)31-13-21(4,5)6/h14-15,17H,7-13,22H2,1-6H3,(H,23,28)(H,24,30)(H,25,29)(H,26,27)/t15-,17?/m0/s1. The van der Waals surface area contributed by atoms with Crippen LogP contribution in [0.1, 0.15) is 60.8 Å². The topological polar surface area (TPSA) is 152 Å². The summed E-state index contributed by atoms with van der Waals surface area (Å²) in [4.78, 5) is 48.3. The third kappa shape index (κ3) is 14.3. The summed E-state index contributed by atoms with van der Waals surface area (Å²) >= 11 is 0. The second-order valence-corrected chi connectivity index (χ2v) is 9.12. The Morgan fingerprint density at radius 1 is 0.903 bits per heavy atom. The number of hydrogen-bond acceptors (Lipinski definition) is 6. The molecule has 0 aliphatic heterocycles. The van der Waals surface area contributed by atoms with Crippen LogP contribution in [0.2, 0.25) is 0 Å². The summed E-state index contributed by atoms with van der Waals surface area (Å²) in [6.07, 6.45) is 1.15. The number of carbonyl (C=O) groups is 4. The Labute approximate surface area is 185 Å². The molecule has 180 valence electrons. The van der Waals surface area contributed by atoms with Crippen LogP contribution in [0, 0.1) is 11.3 Å². The third-order valence-electron chi connectivity index (χ3n) is 4.21. The van der Waals surface area contributed by atoms with Crippen LogP contribution in [-0.2, 0) is 19.1 Å². The molecule has 0 heterocycles. The van der Waals surface area contributed by atoms with E-state index >= 15 is 0 Å². The summed E-state index contributed by atoms with van der Waals surface area (Å²) < 4.78 is 5.06. The van der Waals surface area contributed by atoms with Crippen molar-refractivity contribution in [1.82, 2.24) is 21.3 Å². The van der Waals surface area contributed by atoms with Crippen molar-refractivity contribution in [3.63, 3.8) is 0 Å². The van der Waals surface area contributed by atoms with Gasteiger partial charge in [0.05, 0.1) is 6.61 Å². The van der Waals surface area contributed by atoms with Crippen molar-refractivity contribution in [2.75, 3.05) is 26.2 Å². The molecule has 6 N–H and O–H groups in total. The first-order chi connectivity index (χ1) is 14.4. The van der Waals surface area contributed by atoms with Gasteiger partial charge in [0, 0.05) is 19.5 Å². The van der Waals surface area contributed by atoms with Gasteiger partial charge < -0.3 is 31.7 Å². The number of carbonyl (C=O) groups excluding carboxylic acids is 4. The number of unbranched alkanes of at least 4 members (excludes halogenated alkanes) is 1. The third-order valence-corrected chi connectivity index (χ3v) is 4.21. The molecule has 1 unspecified atom stereocenters. The van der Waals surface area contributed by atoms with Crippen molar-refractivity contribution < 1.29 is 23.9 Å². The molecule has 10 heteroatoms. The van der Waals surface area contributed by atoms with Gasteiger partial charge in [-0.05, 0) is 37.6 Å². The summed E-state index contributed by atoms with van der Waals surface area (Å²) in [5.41, 5.74) is 5.29. The van der Waals surface area contributed by atoms with Crippen molar-refractivity contribution in [3.8, 4) is 0 Å². The summed E-state index contributed by atoms with van der Waals surface area (Å²) in [7, 11) is 0. The zero-order valence-corrected chi connectivity index (χ0v) is 19.8. The van der Waals surface area contributed by atoms with E-state index in [1.165, 1.54) is 0 Å². The second kappa shape index (κ2) is 14.6. The number of hydrogen-bond donors (Lipinski definition) is 5. The number of amides is 4. The van der Waals surface area contributed by atoms with Gasteiger partial charge in [0.15, 0.2) is 0 Å². The van der Waals surface area contributed by atoms with Crippen LogP contribution in [0.25, 0.3) is 0 Å². The Balaban J connectivity index is 4.35. The molecule has 0 aromatic carbocycles. The molecule has 0 saturated carbocycles. The first-order valence-corrected chi connectivity index (χ1v) is 10.9. The van der Waals surface area contributed by atoms with Crippen LogP contribution in [0.15, 0.2) is 0 Å². The highest BCUT2D eigenvalue weighted by molar-refractivity contribution is 5.92. The van der Waals surface area contributed by atoms with E-state index in [2.05, 4.69) is 21.3 Å². The van der Waals surface area contributed by atoms with E-state index in [1.54, 1.807) is 6.92 Å².